The van der Waals surface area contributed by atoms with Crippen LogP contribution < -0.4 is 16.8 Å². The molecule has 0 aliphatic rings. The van der Waals surface area contributed by atoms with Crippen molar-refractivity contribution < 1.29 is 4.79 Å². The predicted molar refractivity (Wildman–Crippen MR) is 78.3 cm³/mol. The summed E-state index contributed by atoms with van der Waals surface area (Å²) < 4.78 is 0. The lowest BCUT2D eigenvalue weighted by Gasteiger charge is -2.16. The van der Waals surface area contributed by atoms with E-state index in [1.165, 1.54) is 0 Å². The van der Waals surface area contributed by atoms with Crippen molar-refractivity contribution in [2.75, 3.05) is 11.1 Å². The molecule has 5 nitrogen and oxygen atoms in total. The molecule has 100 valence electrons. The van der Waals surface area contributed by atoms with Crippen LogP contribution in [0.4, 0.5) is 11.4 Å². The van der Waals surface area contributed by atoms with Crippen LogP contribution in [0.5, 0.6) is 0 Å². The predicted octanol–water partition coefficient (Wildman–Crippen LogP) is 2.31. The molecule has 1 atom stereocenters. The summed E-state index contributed by atoms with van der Waals surface area (Å²) in [6.45, 7) is 3.95. The third-order valence-corrected chi connectivity index (χ3v) is 3.90. The van der Waals surface area contributed by atoms with E-state index in [0.717, 1.165) is 10.7 Å². The first-order valence-corrected chi connectivity index (χ1v) is 6.74. The number of primary amides is 1. The van der Waals surface area contributed by atoms with Crippen molar-refractivity contribution in [3.63, 3.8) is 0 Å². The molecule has 0 aliphatic heterocycles. The zero-order chi connectivity index (χ0) is 14.0. The second kappa shape index (κ2) is 5.27. The molecule has 1 heterocycles. The quantitative estimate of drug-likeness (QED) is 0.747. The first-order valence-electron chi connectivity index (χ1n) is 5.86. The van der Waals surface area contributed by atoms with Crippen LogP contribution in [0.2, 0.25) is 0 Å². The van der Waals surface area contributed by atoms with E-state index < -0.39 is 5.91 Å². The normalized spacial score (nSPS) is 12.1. The summed E-state index contributed by atoms with van der Waals surface area (Å²) in [6.07, 6.45) is 0. The third kappa shape index (κ3) is 2.85. The van der Waals surface area contributed by atoms with Gasteiger partial charge in [-0.2, -0.15) is 0 Å². The molecular formula is C13H16N4OS. The molecule has 2 aromatic rings. The Morgan fingerprint density at radius 2 is 2.21 bits per heavy atom. The summed E-state index contributed by atoms with van der Waals surface area (Å²) in [5, 5.41) is 6.22. The Labute approximate surface area is 115 Å². The number of benzene rings is 1. The van der Waals surface area contributed by atoms with E-state index in [2.05, 4.69) is 10.3 Å². The summed E-state index contributed by atoms with van der Waals surface area (Å²) in [5.74, 6) is -0.529. The second-order valence-corrected chi connectivity index (χ2v) is 5.21. The van der Waals surface area contributed by atoms with Gasteiger partial charge < -0.3 is 16.8 Å². The fourth-order valence-electron chi connectivity index (χ4n) is 1.77. The minimum Gasteiger partial charge on any atom is -0.396 e. The number of carbonyl (C=O) groups is 1. The molecule has 5 N–H and O–H groups in total. The Balaban J connectivity index is 2.24. The van der Waals surface area contributed by atoms with Crippen molar-refractivity contribution in [2.24, 2.45) is 5.73 Å². The van der Waals surface area contributed by atoms with Crippen LogP contribution in [-0.4, -0.2) is 10.9 Å². The van der Waals surface area contributed by atoms with E-state index in [4.69, 9.17) is 11.5 Å². The molecule has 0 spiro atoms. The van der Waals surface area contributed by atoms with Gasteiger partial charge in [0.15, 0.2) is 0 Å². The Bertz CT molecular complexity index is 608. The number of para-hydroxylation sites is 1. The highest BCUT2D eigenvalue weighted by atomic mass is 32.1. The molecule has 0 aliphatic carbocycles. The minimum atomic E-state index is -0.529. The van der Waals surface area contributed by atoms with Gasteiger partial charge in [0.05, 0.1) is 23.0 Å². The molecule has 1 amide bonds. The zero-order valence-corrected chi connectivity index (χ0v) is 11.6. The number of carbonyl (C=O) groups excluding carboxylic acids is 1. The van der Waals surface area contributed by atoms with Crippen LogP contribution in [0.25, 0.3) is 0 Å². The molecule has 1 aromatic carbocycles. The standard InChI is InChI=1S/C13H16N4OS/c1-7-6-19-13(16-7)8(2)17-10-5-3-4-9(11(10)14)12(15)18/h3-6,8,17H,14H2,1-2H3,(H2,15,18). The number of aromatic nitrogens is 1. The molecule has 0 radical (unpaired) electrons. The molecule has 19 heavy (non-hydrogen) atoms. The Hall–Kier alpha value is -2.08. The van der Waals surface area contributed by atoms with E-state index in [9.17, 15) is 4.79 Å². The lowest BCUT2D eigenvalue weighted by molar-refractivity contribution is 0.100. The fraction of sp³-hybridized carbons (Fsp3) is 0.231. The van der Waals surface area contributed by atoms with Gasteiger partial charge in [0, 0.05) is 11.1 Å². The highest BCUT2D eigenvalue weighted by Gasteiger charge is 2.13. The summed E-state index contributed by atoms with van der Waals surface area (Å²) in [4.78, 5) is 15.7. The van der Waals surface area contributed by atoms with Gasteiger partial charge in [0.2, 0.25) is 0 Å². The number of nitrogen functional groups attached to an aromatic ring is 1. The molecule has 2 rings (SSSR count). The SMILES string of the molecule is Cc1csc(C(C)Nc2cccc(C(N)=O)c2N)n1. The first-order chi connectivity index (χ1) is 8.99. The molecule has 0 saturated heterocycles. The van der Waals surface area contributed by atoms with Crippen molar-refractivity contribution in [3.05, 3.63) is 39.8 Å². The summed E-state index contributed by atoms with van der Waals surface area (Å²) >= 11 is 1.59. The maximum atomic E-state index is 11.2. The number of nitrogens with zero attached hydrogens (tertiary/aromatic N) is 1. The van der Waals surface area contributed by atoms with E-state index >= 15 is 0 Å². The number of anilines is 2. The van der Waals surface area contributed by atoms with Gasteiger partial charge in [-0.05, 0) is 26.0 Å². The molecule has 0 bridgehead atoms. The van der Waals surface area contributed by atoms with Gasteiger partial charge >= 0.3 is 0 Å². The van der Waals surface area contributed by atoms with E-state index in [1.807, 2.05) is 25.3 Å². The number of nitrogens with two attached hydrogens (primary N) is 2. The largest absolute Gasteiger partial charge is 0.396 e. The summed E-state index contributed by atoms with van der Waals surface area (Å²) in [7, 11) is 0. The number of nitrogens with one attached hydrogen (secondary N) is 1. The van der Waals surface area contributed by atoms with E-state index in [0.29, 0.717) is 16.9 Å². The number of thiazole rings is 1. The second-order valence-electron chi connectivity index (χ2n) is 4.32. The summed E-state index contributed by atoms with van der Waals surface area (Å²) in [6, 6.07) is 5.20. The third-order valence-electron chi connectivity index (χ3n) is 2.75. The Morgan fingerprint density at radius 3 is 2.79 bits per heavy atom. The smallest absolute Gasteiger partial charge is 0.250 e. The lowest BCUT2D eigenvalue weighted by Crippen LogP contribution is -2.15. The van der Waals surface area contributed by atoms with Crippen molar-refractivity contribution in [1.29, 1.82) is 0 Å². The Kier molecular flexibility index (Phi) is 3.71. The number of hydrogen-bond acceptors (Lipinski definition) is 5. The molecule has 0 saturated carbocycles. The average molecular weight is 276 g/mol. The maximum Gasteiger partial charge on any atom is 0.250 e. The van der Waals surface area contributed by atoms with Crippen LogP contribution in [0.1, 0.15) is 34.0 Å². The van der Waals surface area contributed by atoms with Gasteiger partial charge in [-0.3, -0.25) is 4.79 Å². The summed E-state index contributed by atoms with van der Waals surface area (Å²) in [5.41, 5.74) is 13.6. The molecule has 6 heteroatoms. The van der Waals surface area contributed by atoms with Crippen molar-refractivity contribution in [1.82, 2.24) is 4.98 Å². The van der Waals surface area contributed by atoms with Crippen LogP contribution in [-0.2, 0) is 0 Å². The lowest BCUT2D eigenvalue weighted by atomic mass is 10.1. The number of rotatable bonds is 4. The zero-order valence-electron chi connectivity index (χ0n) is 10.8. The van der Waals surface area contributed by atoms with Gasteiger partial charge in [-0.15, -0.1) is 11.3 Å². The minimum absolute atomic E-state index is 0.0177. The topological polar surface area (TPSA) is 94.0 Å². The Morgan fingerprint density at radius 1 is 1.47 bits per heavy atom. The van der Waals surface area contributed by atoms with E-state index in [-0.39, 0.29) is 6.04 Å². The highest BCUT2D eigenvalue weighted by Crippen LogP contribution is 2.28. The van der Waals surface area contributed by atoms with Crippen LogP contribution in [0.3, 0.4) is 0 Å². The maximum absolute atomic E-state index is 11.2. The van der Waals surface area contributed by atoms with Crippen LogP contribution >= 0.6 is 11.3 Å². The van der Waals surface area contributed by atoms with Gasteiger partial charge in [0.25, 0.3) is 5.91 Å². The van der Waals surface area contributed by atoms with Crippen molar-refractivity contribution in [3.8, 4) is 0 Å². The monoisotopic (exact) mass is 276 g/mol. The average Bonchev–Trinajstić information content (AvgIpc) is 2.78. The van der Waals surface area contributed by atoms with Gasteiger partial charge in [0.1, 0.15) is 5.01 Å². The highest BCUT2D eigenvalue weighted by molar-refractivity contribution is 7.09. The van der Waals surface area contributed by atoms with E-state index in [1.54, 1.807) is 23.5 Å². The number of hydrogen-bond donors (Lipinski definition) is 3. The first kappa shape index (κ1) is 13.4. The number of amides is 1. The molecular weight excluding hydrogens is 260 g/mol. The van der Waals surface area contributed by atoms with Crippen molar-refractivity contribution in [2.45, 2.75) is 19.9 Å². The molecule has 1 unspecified atom stereocenters. The number of aryl methyl sites for hydroxylation is 1. The van der Waals surface area contributed by atoms with Crippen molar-refractivity contribution >= 4 is 28.6 Å². The molecule has 0 fully saturated rings. The molecule has 1 aromatic heterocycles. The fourth-order valence-corrected chi connectivity index (χ4v) is 2.58. The van der Waals surface area contributed by atoms with Crippen LogP contribution in [0, 0.1) is 6.92 Å². The van der Waals surface area contributed by atoms with Crippen LogP contribution in [0.15, 0.2) is 23.6 Å². The van der Waals surface area contributed by atoms with Gasteiger partial charge in [-0.1, -0.05) is 6.07 Å². The van der Waals surface area contributed by atoms with Gasteiger partial charge in [-0.25, -0.2) is 4.98 Å².